The molecular weight excluding hydrogens is 256 g/mol. The lowest BCUT2D eigenvalue weighted by Gasteiger charge is -2.17. The van der Waals surface area contributed by atoms with E-state index >= 15 is 0 Å². The summed E-state index contributed by atoms with van der Waals surface area (Å²) in [6.45, 7) is 0. The third kappa shape index (κ3) is 2.54. The Morgan fingerprint density at radius 3 is 2.05 bits per heavy atom. The van der Waals surface area contributed by atoms with Gasteiger partial charge in [-0.05, 0) is 29.8 Å². The van der Waals surface area contributed by atoms with E-state index in [1.54, 1.807) is 36.4 Å². The third-order valence-corrected chi connectivity index (χ3v) is 3.13. The van der Waals surface area contributed by atoms with E-state index < -0.39 is 17.9 Å². The summed E-state index contributed by atoms with van der Waals surface area (Å²) in [6.07, 6.45) is -0.0404. The van der Waals surface area contributed by atoms with E-state index in [0.29, 0.717) is 11.5 Å². The van der Waals surface area contributed by atoms with E-state index in [1.165, 1.54) is 0 Å². The summed E-state index contributed by atoms with van der Waals surface area (Å²) in [7, 11) is 0. The van der Waals surface area contributed by atoms with Crippen molar-refractivity contribution in [1.29, 1.82) is 0 Å². The van der Waals surface area contributed by atoms with Crippen molar-refractivity contribution >= 4 is 11.9 Å². The number of hydrogen-bond acceptors (Lipinski definition) is 4. The number of carbonyl (C=O) groups excluding carboxylic acids is 2. The summed E-state index contributed by atoms with van der Waals surface area (Å²) in [5.41, 5.74) is 0.740. The number of benzene rings is 2. The average molecular weight is 268 g/mol. The molecule has 0 aliphatic carbocycles. The lowest BCUT2D eigenvalue weighted by molar-refractivity contribution is -0.142. The van der Waals surface area contributed by atoms with E-state index in [4.69, 9.17) is 9.47 Å². The van der Waals surface area contributed by atoms with Crippen molar-refractivity contribution in [3.63, 3.8) is 0 Å². The summed E-state index contributed by atoms with van der Waals surface area (Å²) in [5.74, 6) is -0.674. The minimum Gasteiger partial charge on any atom is -0.426 e. The maximum absolute atomic E-state index is 12.2. The van der Waals surface area contributed by atoms with Gasteiger partial charge in [0.05, 0.1) is 12.3 Å². The highest BCUT2D eigenvalue weighted by Crippen LogP contribution is 2.27. The summed E-state index contributed by atoms with van der Waals surface area (Å²) in [6, 6.07) is 15.5. The second kappa shape index (κ2) is 5.17. The topological polar surface area (TPSA) is 52.6 Å². The van der Waals surface area contributed by atoms with Gasteiger partial charge >= 0.3 is 11.9 Å². The molecule has 1 unspecified atom stereocenters. The number of fused-ring (bicyclic) bond motifs is 7. The molecule has 0 fully saturated rings. The summed E-state index contributed by atoms with van der Waals surface area (Å²) in [5, 5.41) is 0. The van der Waals surface area contributed by atoms with Gasteiger partial charge in [0.2, 0.25) is 0 Å². The SMILES string of the molecule is O=C1CC(c2ccccc2)C(=O)Oc2ccc(cc2)O1. The van der Waals surface area contributed by atoms with E-state index in [-0.39, 0.29) is 6.42 Å². The Morgan fingerprint density at radius 1 is 0.800 bits per heavy atom. The Bertz CT molecular complexity index is 631. The zero-order chi connectivity index (χ0) is 13.9. The molecule has 0 saturated carbocycles. The number of ether oxygens (including phenoxy) is 2. The van der Waals surface area contributed by atoms with Gasteiger partial charge in [0, 0.05) is 0 Å². The van der Waals surface area contributed by atoms with Crippen molar-refractivity contribution < 1.29 is 19.1 Å². The second-order valence-electron chi connectivity index (χ2n) is 4.53. The first-order valence-electron chi connectivity index (χ1n) is 6.30. The van der Waals surface area contributed by atoms with Crippen molar-refractivity contribution in [2.75, 3.05) is 0 Å². The first kappa shape index (κ1) is 12.4. The normalized spacial score (nSPS) is 18.3. The van der Waals surface area contributed by atoms with Crippen molar-refractivity contribution in [2.24, 2.45) is 0 Å². The van der Waals surface area contributed by atoms with Crippen molar-refractivity contribution in [1.82, 2.24) is 0 Å². The lowest BCUT2D eigenvalue weighted by Crippen LogP contribution is -2.24. The Morgan fingerprint density at radius 2 is 1.40 bits per heavy atom. The molecule has 2 aliphatic rings. The standard InChI is InChI=1S/C16H12O4/c17-15-10-14(11-4-2-1-3-5-11)16(18)20-13-8-6-12(19-15)7-9-13/h1-9,14H,10H2. The molecule has 2 bridgehead atoms. The van der Waals surface area contributed by atoms with Gasteiger partial charge in [-0.2, -0.15) is 0 Å². The Labute approximate surface area is 115 Å². The zero-order valence-corrected chi connectivity index (χ0v) is 10.6. The number of hydrogen-bond donors (Lipinski definition) is 0. The van der Waals surface area contributed by atoms with Gasteiger partial charge in [0.25, 0.3) is 0 Å². The van der Waals surface area contributed by atoms with Crippen LogP contribution >= 0.6 is 0 Å². The zero-order valence-electron chi connectivity index (χ0n) is 10.6. The number of carbonyl (C=O) groups is 2. The molecule has 4 nitrogen and oxygen atoms in total. The number of esters is 2. The van der Waals surface area contributed by atoms with Crippen molar-refractivity contribution in [3.8, 4) is 11.5 Å². The third-order valence-electron chi connectivity index (χ3n) is 3.13. The predicted octanol–water partition coefficient (Wildman–Crippen LogP) is 2.68. The largest absolute Gasteiger partial charge is 0.426 e. The Kier molecular flexibility index (Phi) is 3.21. The summed E-state index contributed by atoms with van der Waals surface area (Å²) in [4.78, 5) is 24.1. The maximum atomic E-state index is 12.2. The van der Waals surface area contributed by atoms with Crippen molar-refractivity contribution in [3.05, 3.63) is 60.2 Å². The fourth-order valence-electron chi connectivity index (χ4n) is 2.13. The molecule has 1 atom stereocenters. The van der Waals surface area contributed by atoms with Gasteiger partial charge in [-0.3, -0.25) is 9.59 Å². The molecule has 4 rings (SSSR count). The van der Waals surface area contributed by atoms with Gasteiger partial charge in [-0.15, -0.1) is 0 Å². The smallest absolute Gasteiger partial charge is 0.319 e. The molecule has 2 aromatic rings. The molecule has 0 spiro atoms. The molecule has 2 aliphatic heterocycles. The molecule has 100 valence electrons. The van der Waals surface area contributed by atoms with Crippen LogP contribution in [0.2, 0.25) is 0 Å². The van der Waals surface area contributed by atoms with Crippen LogP contribution in [0.4, 0.5) is 0 Å². The van der Waals surface area contributed by atoms with Crippen LogP contribution in [0.25, 0.3) is 0 Å². The van der Waals surface area contributed by atoms with Crippen LogP contribution in [0.5, 0.6) is 11.5 Å². The molecule has 0 radical (unpaired) electrons. The summed E-state index contributed by atoms with van der Waals surface area (Å²) >= 11 is 0. The molecule has 2 heterocycles. The van der Waals surface area contributed by atoms with Crippen LogP contribution in [0.1, 0.15) is 17.9 Å². The maximum Gasteiger partial charge on any atom is 0.319 e. The molecule has 0 N–H and O–H groups in total. The fourth-order valence-corrected chi connectivity index (χ4v) is 2.13. The molecular formula is C16H12O4. The highest BCUT2D eigenvalue weighted by molar-refractivity contribution is 5.86. The van der Waals surface area contributed by atoms with Crippen LogP contribution < -0.4 is 9.47 Å². The van der Waals surface area contributed by atoms with E-state index in [1.807, 2.05) is 18.2 Å². The lowest BCUT2D eigenvalue weighted by atomic mass is 9.96. The van der Waals surface area contributed by atoms with Crippen molar-refractivity contribution in [2.45, 2.75) is 12.3 Å². The molecule has 2 aromatic carbocycles. The van der Waals surface area contributed by atoms with Gasteiger partial charge < -0.3 is 9.47 Å². The van der Waals surface area contributed by atoms with Crippen LogP contribution in [0.15, 0.2) is 54.6 Å². The minimum atomic E-state index is -0.655. The van der Waals surface area contributed by atoms with Crippen LogP contribution in [0, 0.1) is 0 Å². The van der Waals surface area contributed by atoms with E-state index in [2.05, 4.69) is 0 Å². The highest BCUT2D eigenvalue weighted by Gasteiger charge is 2.27. The quantitative estimate of drug-likeness (QED) is 0.589. The highest BCUT2D eigenvalue weighted by atomic mass is 16.5. The molecule has 4 heteroatoms. The monoisotopic (exact) mass is 268 g/mol. The summed E-state index contributed by atoms with van der Waals surface area (Å²) < 4.78 is 10.5. The molecule has 0 amide bonds. The number of rotatable bonds is 1. The second-order valence-corrected chi connectivity index (χ2v) is 4.53. The minimum absolute atomic E-state index is 0.0404. The average Bonchev–Trinajstić information content (AvgIpc) is 2.47. The van der Waals surface area contributed by atoms with Crippen LogP contribution in [0.3, 0.4) is 0 Å². The van der Waals surface area contributed by atoms with Gasteiger partial charge in [-0.1, -0.05) is 30.3 Å². The molecule has 20 heavy (non-hydrogen) atoms. The Hall–Kier alpha value is -2.62. The van der Waals surface area contributed by atoms with Crippen LogP contribution in [-0.4, -0.2) is 11.9 Å². The van der Waals surface area contributed by atoms with Gasteiger partial charge in [0.1, 0.15) is 11.5 Å². The van der Waals surface area contributed by atoms with Gasteiger partial charge in [0.15, 0.2) is 0 Å². The first-order valence-corrected chi connectivity index (χ1v) is 6.30. The Balaban J connectivity index is 1.97. The van der Waals surface area contributed by atoms with Gasteiger partial charge in [-0.25, -0.2) is 0 Å². The molecule has 0 saturated heterocycles. The van der Waals surface area contributed by atoms with Crippen LogP contribution in [-0.2, 0) is 9.59 Å². The van der Waals surface area contributed by atoms with E-state index in [0.717, 1.165) is 5.56 Å². The molecule has 0 aromatic heterocycles. The van der Waals surface area contributed by atoms with E-state index in [9.17, 15) is 9.59 Å². The fraction of sp³-hybridized carbons (Fsp3) is 0.125. The first-order chi connectivity index (χ1) is 9.72. The predicted molar refractivity (Wildman–Crippen MR) is 71.5 cm³/mol.